The number of pyridine rings is 8. The van der Waals surface area contributed by atoms with Crippen LogP contribution in [0.25, 0.3) is 88.1 Å². The molecule has 0 spiro atoms. The maximum Gasteiger partial charge on any atom is 0.257 e. The molecule has 28 nitrogen and oxygen atoms in total. The number of hydrogen-bond donors (Lipinski definition) is 8. The van der Waals surface area contributed by atoms with E-state index in [-0.39, 0.29) is 23.6 Å². The number of aromatic amines is 4. The molecule has 16 aromatic rings. The zero-order valence-corrected chi connectivity index (χ0v) is 74.2. The number of nitrogens with one attached hydrogen (secondary N) is 8. The van der Waals surface area contributed by atoms with E-state index in [1.54, 1.807) is 61.8 Å². The number of rotatable bonds is 21. The Bertz CT molecular complexity index is 6450. The fraction of sp³-hybridized carbons (Fsp3) is 0.269. The molecule has 5 saturated heterocycles. The number of fused-ring (bicyclic) bond motifs is 4. The minimum Gasteiger partial charge on any atom is -0.379 e. The first kappa shape index (κ1) is 88.3. The molecule has 5 fully saturated rings. The molecule has 4 amide bonds. The van der Waals surface area contributed by atoms with E-state index in [9.17, 15) is 19.2 Å². The second-order valence-electron chi connectivity index (χ2n) is 34.1. The third-order valence-corrected chi connectivity index (χ3v) is 24.5. The third-order valence-electron chi connectivity index (χ3n) is 24.5. The summed E-state index contributed by atoms with van der Waals surface area (Å²) >= 11 is 0. The number of amides is 4. The first-order valence-electron chi connectivity index (χ1n) is 45.4. The zero-order chi connectivity index (χ0) is 89.9. The van der Waals surface area contributed by atoms with Crippen LogP contribution < -0.4 is 26.2 Å². The number of H-pyrrole nitrogens is 4. The van der Waals surface area contributed by atoms with Gasteiger partial charge in [0.2, 0.25) is 0 Å². The van der Waals surface area contributed by atoms with Gasteiger partial charge in [-0.25, -0.2) is 4.98 Å². The third kappa shape index (κ3) is 22.5. The quantitative estimate of drug-likeness (QED) is 0.0331. The fourth-order valence-corrected chi connectivity index (χ4v) is 17.4. The number of ether oxygens (including phenoxy) is 3. The Kier molecular flexibility index (Phi) is 28.4. The monoisotopic (exact) mass is 1760 g/mol. The number of likely N-dealkylation sites (tertiary alicyclic amines) is 2. The molecule has 8 N–H and O–H groups in total. The van der Waals surface area contributed by atoms with Gasteiger partial charge in [0.05, 0.1) is 109 Å². The number of aromatic nitrogens is 12. The number of carbonyl (C=O) groups excluding carboxylic acids is 4. The van der Waals surface area contributed by atoms with Crippen molar-refractivity contribution in [1.29, 1.82) is 0 Å². The first-order valence-corrected chi connectivity index (χ1v) is 45.4. The van der Waals surface area contributed by atoms with E-state index >= 15 is 0 Å². The largest absolute Gasteiger partial charge is 0.379 e. The lowest BCUT2D eigenvalue weighted by molar-refractivity contribution is 0.0341. The number of carbonyl (C=O) groups is 4. The van der Waals surface area contributed by atoms with Crippen LogP contribution in [0.3, 0.4) is 0 Å². The molecular weight excluding hydrogens is 1660 g/mol. The van der Waals surface area contributed by atoms with Crippen LogP contribution in [0.1, 0.15) is 114 Å². The molecule has 0 atom stereocenters. The van der Waals surface area contributed by atoms with Crippen molar-refractivity contribution in [3.8, 4) is 44.5 Å². The Morgan fingerprint density at radius 3 is 0.917 bits per heavy atom. The summed E-state index contributed by atoms with van der Waals surface area (Å²) in [5.74, 6) is 0.236. The molecule has 132 heavy (non-hydrogen) atoms. The summed E-state index contributed by atoms with van der Waals surface area (Å²) in [4.78, 5) is 112. The first-order chi connectivity index (χ1) is 64.8. The van der Waals surface area contributed by atoms with Crippen LogP contribution in [0.15, 0.2) is 251 Å². The van der Waals surface area contributed by atoms with Crippen molar-refractivity contribution in [2.45, 2.75) is 78.6 Å². The van der Waals surface area contributed by atoms with E-state index in [0.717, 1.165) is 223 Å². The number of nitrogens with zero attached hydrogens (tertiary/aromatic N) is 13. The number of aryl methyl sites for hydroxylation is 2. The fourth-order valence-electron chi connectivity index (χ4n) is 17.4. The summed E-state index contributed by atoms with van der Waals surface area (Å²) in [6.45, 7) is 22.0. The van der Waals surface area contributed by atoms with Gasteiger partial charge in [-0.1, -0.05) is 37.1 Å². The van der Waals surface area contributed by atoms with Crippen molar-refractivity contribution in [3.63, 3.8) is 0 Å². The Morgan fingerprint density at radius 2 is 0.614 bits per heavy atom. The molecule has 0 bridgehead atoms. The Morgan fingerprint density at radius 1 is 0.303 bits per heavy atom. The van der Waals surface area contributed by atoms with E-state index in [1.807, 2.05) is 142 Å². The molecule has 17 heterocycles. The van der Waals surface area contributed by atoms with Crippen molar-refractivity contribution in [2.24, 2.45) is 0 Å². The summed E-state index contributed by atoms with van der Waals surface area (Å²) in [7, 11) is 0. The predicted octanol–water partition coefficient (Wildman–Crippen LogP) is 17.6. The number of hydrogen-bond acceptors (Lipinski definition) is 20. The normalized spacial score (nSPS) is 15.2. The SMILES string of the molecule is Cc1ccc(NC(=O)c2c[nH]c3ccc(-c4cncc(CN5CCCCC5)c4)cc23)cn1.Cc1ccc(NC(=O)c2c[nH]c3ccc(-c4cncc(CN5CCOCC5)c4)cc23)cn1.O=C(Nc1ccc(N2CCOCC2)nc1)c1c[nH]c2ccc(-c3cncc(CN4CCCCC4)c3)cc12.O=C(Nc1cccnc1)c1c[nH]c2ccc(-c3cncc(CN4CCOCC4)c3)cc12. The Hall–Kier alpha value is -14.4. The van der Waals surface area contributed by atoms with E-state index in [0.29, 0.717) is 58.2 Å². The van der Waals surface area contributed by atoms with Gasteiger partial charge in [-0.3, -0.25) is 73.7 Å². The molecule has 28 heteroatoms. The summed E-state index contributed by atoms with van der Waals surface area (Å²) in [5.41, 5.74) is 23.7. The second-order valence-corrected chi connectivity index (χ2v) is 34.1. The summed E-state index contributed by atoms with van der Waals surface area (Å²) in [5, 5.41) is 15.3. The van der Waals surface area contributed by atoms with Crippen LogP contribution in [0.4, 0.5) is 28.6 Å². The molecule has 0 radical (unpaired) electrons. The lowest BCUT2D eigenvalue weighted by atomic mass is 10.0. The summed E-state index contributed by atoms with van der Waals surface area (Å²) in [6.07, 6.45) is 38.4. The molecule has 5 aliphatic heterocycles. The highest BCUT2D eigenvalue weighted by molar-refractivity contribution is 6.16. The van der Waals surface area contributed by atoms with Crippen molar-refractivity contribution >= 4 is 95.8 Å². The maximum absolute atomic E-state index is 13.2. The maximum atomic E-state index is 13.2. The molecule has 21 rings (SSSR count). The molecule has 4 aromatic carbocycles. The Balaban J connectivity index is 0.000000118. The standard InChI is InChI=1S/C29H32N6O2.C26H27N5O.C25H25N5O2.C24H23N5O2/c36-29(33-24-5-7-28(32-18-24)35-10-12-37-13-11-35)26-19-31-27-6-4-22(15-25(26)27)23-14-21(16-30-17-23)20-34-8-2-1-3-9-34;1-18-5-7-22(15-28-18)30-26(32)24-16-29-25-8-6-20(12-23(24)25)21-11-19(13-27-14-21)17-31-9-3-2-4-10-31;1-17-2-4-21(14-27-17)29-25(31)23-15-28-24-5-3-19(11-22(23)24)20-10-18(12-26-13-20)16-30-6-8-32-9-7-30;30-24(28-20-2-1-5-25-14-20)22-15-27-23-4-3-18(11-21(22)23)19-10-17(12-26-13-19)16-29-6-8-31-9-7-29/h4-7,14-19,31H,1-3,8-13,20H2,(H,33,36);5-8,11-16,29H,2-4,9-10,17H2,1H3,(H,30,32);2-5,10-15,28H,6-9,16H2,1H3,(H,29,31);1-5,10-15,27H,6-9,16H2,(H,28,30). The van der Waals surface area contributed by atoms with Crippen LogP contribution >= 0.6 is 0 Å². The van der Waals surface area contributed by atoms with Gasteiger partial charge < -0.3 is 60.3 Å². The van der Waals surface area contributed by atoms with Gasteiger partial charge >= 0.3 is 0 Å². The minimum absolute atomic E-state index is 0.156. The van der Waals surface area contributed by atoms with Crippen LogP contribution in [-0.4, -0.2) is 208 Å². The van der Waals surface area contributed by atoms with Crippen LogP contribution in [0, 0.1) is 13.8 Å². The summed E-state index contributed by atoms with van der Waals surface area (Å²) in [6, 6.07) is 48.2. The van der Waals surface area contributed by atoms with Gasteiger partial charge in [-0.05, 0) is 232 Å². The smallest absolute Gasteiger partial charge is 0.257 e. The van der Waals surface area contributed by atoms with Crippen molar-refractivity contribution in [3.05, 3.63) is 307 Å². The van der Waals surface area contributed by atoms with Gasteiger partial charge in [0, 0.05) is 223 Å². The highest BCUT2D eigenvalue weighted by atomic mass is 16.5. The average Bonchev–Trinajstić information content (AvgIpc) is 1.64. The lowest BCUT2D eigenvalue weighted by Crippen LogP contribution is -2.36. The molecular formula is C104H107N21O7. The molecule has 12 aromatic heterocycles. The van der Waals surface area contributed by atoms with Gasteiger partial charge in [0.25, 0.3) is 23.6 Å². The van der Waals surface area contributed by atoms with Crippen LogP contribution in [0.5, 0.6) is 0 Å². The van der Waals surface area contributed by atoms with Gasteiger partial charge in [0.15, 0.2) is 0 Å². The number of morpholine rings is 3. The molecule has 5 aliphatic rings. The van der Waals surface area contributed by atoms with E-state index in [4.69, 9.17) is 14.2 Å². The average molecular weight is 1760 g/mol. The Labute approximate surface area is 765 Å². The van der Waals surface area contributed by atoms with Gasteiger partial charge in [-0.2, -0.15) is 0 Å². The van der Waals surface area contributed by atoms with Crippen molar-refractivity contribution in [2.75, 3.05) is 131 Å². The van der Waals surface area contributed by atoms with Gasteiger partial charge in [-0.15, -0.1) is 0 Å². The van der Waals surface area contributed by atoms with Gasteiger partial charge in [0.1, 0.15) is 5.82 Å². The number of piperidine rings is 2. The van der Waals surface area contributed by atoms with Crippen LogP contribution in [-0.2, 0) is 40.4 Å². The highest BCUT2D eigenvalue weighted by Gasteiger charge is 2.23. The predicted molar refractivity (Wildman–Crippen MR) is 518 cm³/mol. The van der Waals surface area contributed by atoms with E-state index < -0.39 is 0 Å². The van der Waals surface area contributed by atoms with E-state index in [2.05, 4.69) is 166 Å². The summed E-state index contributed by atoms with van der Waals surface area (Å²) < 4.78 is 16.3. The van der Waals surface area contributed by atoms with Crippen LogP contribution in [0.2, 0.25) is 0 Å². The number of anilines is 5. The second kappa shape index (κ2) is 42.5. The van der Waals surface area contributed by atoms with E-state index in [1.165, 1.54) is 60.8 Å². The highest BCUT2D eigenvalue weighted by Crippen LogP contribution is 2.34. The number of benzene rings is 4. The lowest BCUT2D eigenvalue weighted by Gasteiger charge is -2.27. The van der Waals surface area contributed by atoms with Crippen molar-refractivity contribution < 1.29 is 33.4 Å². The zero-order valence-electron chi connectivity index (χ0n) is 74.2. The molecule has 670 valence electrons. The topological polar surface area (TPSA) is 327 Å². The minimum atomic E-state index is -0.171. The molecule has 0 saturated carbocycles. The van der Waals surface area contributed by atoms with Crippen molar-refractivity contribution in [1.82, 2.24) is 79.4 Å². The molecule has 0 aliphatic carbocycles. The molecule has 0 unspecified atom stereocenters.